The van der Waals surface area contributed by atoms with Gasteiger partial charge in [-0.05, 0) is 41.6 Å². The van der Waals surface area contributed by atoms with Crippen molar-refractivity contribution < 1.29 is 9.18 Å². The van der Waals surface area contributed by atoms with Crippen molar-refractivity contribution >= 4 is 27.5 Å². The predicted octanol–water partition coefficient (Wildman–Crippen LogP) is 3.46. The molecule has 32 heavy (non-hydrogen) atoms. The molecule has 0 N–H and O–H groups in total. The van der Waals surface area contributed by atoms with Crippen LogP contribution in [0, 0.1) is 5.82 Å². The first-order valence-electron chi connectivity index (χ1n) is 10.2. The molecule has 1 amide bonds. The molecule has 0 aliphatic rings. The van der Waals surface area contributed by atoms with Gasteiger partial charge < -0.3 is 4.90 Å². The zero-order chi connectivity index (χ0) is 22.7. The number of benzene rings is 2. The van der Waals surface area contributed by atoms with Crippen LogP contribution in [0.1, 0.15) is 18.1 Å². The zero-order valence-electron chi connectivity index (χ0n) is 17.5. The summed E-state index contributed by atoms with van der Waals surface area (Å²) in [6, 6.07) is 17.0. The average molecular weight is 452 g/mol. The summed E-state index contributed by atoms with van der Waals surface area (Å²) in [6.07, 6.45) is 0. The summed E-state index contributed by atoms with van der Waals surface area (Å²) in [6.45, 7) is 2.65. The number of rotatable bonds is 7. The molecule has 2 aromatic heterocycles. The number of carbonyl (C=O) groups is 1. The van der Waals surface area contributed by atoms with Crippen LogP contribution >= 0.6 is 11.3 Å². The van der Waals surface area contributed by atoms with Crippen LogP contribution in [0.25, 0.3) is 10.2 Å². The Bertz CT molecular complexity index is 1360. The molecular formula is C24H22FN3O3S. The summed E-state index contributed by atoms with van der Waals surface area (Å²) in [7, 11) is 0. The average Bonchev–Trinajstić information content (AvgIpc) is 3.30. The lowest BCUT2D eigenvalue weighted by molar-refractivity contribution is -0.132. The van der Waals surface area contributed by atoms with E-state index in [1.54, 1.807) is 16.3 Å². The Hall–Kier alpha value is -3.52. The van der Waals surface area contributed by atoms with E-state index in [0.29, 0.717) is 28.9 Å². The largest absolute Gasteiger partial charge is 0.337 e. The van der Waals surface area contributed by atoms with E-state index in [2.05, 4.69) is 0 Å². The Morgan fingerprint density at radius 2 is 1.69 bits per heavy atom. The number of thiophene rings is 1. The minimum Gasteiger partial charge on any atom is -0.337 e. The normalized spacial score (nSPS) is 11.1. The molecule has 4 aromatic rings. The van der Waals surface area contributed by atoms with Crippen molar-refractivity contribution in [1.29, 1.82) is 0 Å². The molecule has 0 aliphatic carbocycles. The van der Waals surface area contributed by atoms with Crippen LogP contribution in [0.3, 0.4) is 0 Å². The Kier molecular flexibility index (Phi) is 6.32. The van der Waals surface area contributed by atoms with Crippen molar-refractivity contribution in [1.82, 2.24) is 14.0 Å². The van der Waals surface area contributed by atoms with Gasteiger partial charge in [-0.3, -0.25) is 18.7 Å². The molecule has 0 bridgehead atoms. The summed E-state index contributed by atoms with van der Waals surface area (Å²) in [5.74, 6) is -0.603. The van der Waals surface area contributed by atoms with Crippen molar-refractivity contribution in [3.63, 3.8) is 0 Å². The van der Waals surface area contributed by atoms with Crippen LogP contribution in [-0.2, 0) is 24.4 Å². The molecule has 0 aliphatic heterocycles. The smallest absolute Gasteiger partial charge is 0.332 e. The topological polar surface area (TPSA) is 64.3 Å². The highest BCUT2D eigenvalue weighted by atomic mass is 32.1. The van der Waals surface area contributed by atoms with Crippen molar-refractivity contribution in [2.45, 2.75) is 26.6 Å². The highest BCUT2D eigenvalue weighted by molar-refractivity contribution is 7.17. The van der Waals surface area contributed by atoms with Crippen LogP contribution in [0.15, 0.2) is 75.6 Å². The van der Waals surface area contributed by atoms with E-state index in [4.69, 9.17) is 0 Å². The summed E-state index contributed by atoms with van der Waals surface area (Å²) in [5.41, 5.74) is 1.10. The Morgan fingerprint density at radius 3 is 2.38 bits per heavy atom. The van der Waals surface area contributed by atoms with E-state index in [0.717, 1.165) is 10.1 Å². The minimum atomic E-state index is -0.561. The van der Waals surface area contributed by atoms with Crippen molar-refractivity contribution in [2.75, 3.05) is 6.54 Å². The monoisotopic (exact) mass is 451 g/mol. The maximum atomic E-state index is 13.3. The van der Waals surface area contributed by atoms with Gasteiger partial charge in [0.05, 0.1) is 12.1 Å². The number of likely N-dealkylation sites (N-methyl/N-ethyl adjacent to an activating group) is 1. The summed E-state index contributed by atoms with van der Waals surface area (Å²) in [4.78, 5) is 41.0. The van der Waals surface area contributed by atoms with Gasteiger partial charge >= 0.3 is 5.69 Å². The molecule has 6 nitrogen and oxygen atoms in total. The highest BCUT2D eigenvalue weighted by Gasteiger charge is 2.19. The lowest BCUT2D eigenvalue weighted by Crippen LogP contribution is -2.43. The lowest BCUT2D eigenvalue weighted by atomic mass is 10.2. The quantitative estimate of drug-likeness (QED) is 0.432. The van der Waals surface area contributed by atoms with E-state index >= 15 is 0 Å². The minimum absolute atomic E-state index is 0.00147. The number of fused-ring (bicyclic) bond motifs is 1. The van der Waals surface area contributed by atoms with Gasteiger partial charge in [0.1, 0.15) is 17.1 Å². The fourth-order valence-electron chi connectivity index (χ4n) is 3.61. The molecule has 0 saturated carbocycles. The molecule has 0 atom stereocenters. The number of aromatic nitrogens is 2. The van der Waals surface area contributed by atoms with Crippen molar-refractivity contribution in [3.05, 3.63) is 104 Å². The first-order valence-corrected chi connectivity index (χ1v) is 11.1. The highest BCUT2D eigenvalue weighted by Crippen LogP contribution is 2.16. The molecule has 0 radical (unpaired) electrons. The van der Waals surface area contributed by atoms with Gasteiger partial charge in [-0.25, -0.2) is 9.18 Å². The lowest BCUT2D eigenvalue weighted by Gasteiger charge is -2.22. The third kappa shape index (κ3) is 4.40. The molecular weight excluding hydrogens is 429 g/mol. The van der Waals surface area contributed by atoms with E-state index in [1.807, 2.05) is 37.3 Å². The van der Waals surface area contributed by atoms with E-state index < -0.39 is 17.1 Å². The van der Waals surface area contributed by atoms with Gasteiger partial charge in [-0.1, -0.05) is 42.5 Å². The Morgan fingerprint density at radius 1 is 0.969 bits per heavy atom. The van der Waals surface area contributed by atoms with Gasteiger partial charge in [-0.2, -0.15) is 0 Å². The van der Waals surface area contributed by atoms with Crippen LogP contribution in [0.4, 0.5) is 4.39 Å². The molecule has 0 unspecified atom stereocenters. The third-order valence-corrected chi connectivity index (χ3v) is 6.23. The molecule has 2 heterocycles. The SMILES string of the molecule is CCN(Cc1ccccc1)C(=O)Cn1c(=O)n(Cc2ccc(F)cc2)c(=O)c2sccc21. The molecule has 0 spiro atoms. The van der Waals surface area contributed by atoms with Gasteiger partial charge in [0.25, 0.3) is 5.56 Å². The summed E-state index contributed by atoms with van der Waals surface area (Å²) >= 11 is 1.23. The van der Waals surface area contributed by atoms with Gasteiger partial charge in [0.2, 0.25) is 5.91 Å². The first kappa shape index (κ1) is 21.7. The van der Waals surface area contributed by atoms with Crippen LogP contribution < -0.4 is 11.2 Å². The fourth-order valence-corrected chi connectivity index (χ4v) is 4.46. The third-order valence-electron chi connectivity index (χ3n) is 5.33. The fraction of sp³-hybridized carbons (Fsp3) is 0.208. The first-order chi connectivity index (χ1) is 15.5. The van der Waals surface area contributed by atoms with Gasteiger partial charge in [-0.15, -0.1) is 11.3 Å². The van der Waals surface area contributed by atoms with E-state index in [1.165, 1.54) is 40.2 Å². The van der Waals surface area contributed by atoms with Crippen molar-refractivity contribution in [3.8, 4) is 0 Å². The standard InChI is InChI=1S/C24H22FN3O3S/c1-2-26(14-17-6-4-3-5-7-17)21(29)16-27-20-12-13-32-22(20)23(30)28(24(27)31)15-18-8-10-19(25)11-9-18/h3-13H,2,14-16H2,1H3. The second-order valence-corrected chi connectivity index (χ2v) is 8.33. The van der Waals surface area contributed by atoms with E-state index in [9.17, 15) is 18.8 Å². The number of carbonyl (C=O) groups excluding carboxylic acids is 1. The zero-order valence-corrected chi connectivity index (χ0v) is 18.3. The van der Waals surface area contributed by atoms with Crippen molar-refractivity contribution in [2.24, 2.45) is 0 Å². The molecule has 0 saturated heterocycles. The molecule has 0 fully saturated rings. The molecule has 164 valence electrons. The van der Waals surface area contributed by atoms with Gasteiger partial charge in [0.15, 0.2) is 0 Å². The Balaban J connectivity index is 1.69. The number of amides is 1. The summed E-state index contributed by atoms with van der Waals surface area (Å²) < 4.78 is 16.1. The maximum Gasteiger partial charge on any atom is 0.332 e. The Labute approximate surface area is 187 Å². The maximum absolute atomic E-state index is 13.3. The van der Waals surface area contributed by atoms with Crippen LogP contribution in [-0.4, -0.2) is 26.5 Å². The number of halogens is 1. The number of nitrogens with zero attached hydrogens (tertiary/aromatic N) is 3. The number of hydrogen-bond donors (Lipinski definition) is 0. The second kappa shape index (κ2) is 9.32. The molecule has 2 aromatic carbocycles. The second-order valence-electron chi connectivity index (χ2n) is 7.41. The van der Waals surface area contributed by atoms with Crippen LogP contribution in [0.5, 0.6) is 0 Å². The van der Waals surface area contributed by atoms with Gasteiger partial charge in [0, 0.05) is 13.1 Å². The molecule has 8 heteroatoms. The molecule has 4 rings (SSSR count). The van der Waals surface area contributed by atoms with E-state index in [-0.39, 0.29) is 19.0 Å². The predicted molar refractivity (Wildman–Crippen MR) is 123 cm³/mol. The summed E-state index contributed by atoms with van der Waals surface area (Å²) in [5, 5.41) is 1.73. The number of hydrogen-bond acceptors (Lipinski definition) is 4. The van der Waals surface area contributed by atoms with Crippen LogP contribution in [0.2, 0.25) is 0 Å².